The van der Waals surface area contributed by atoms with Crippen LogP contribution in [0.15, 0.2) is 36.7 Å². The molecule has 0 aliphatic carbocycles. The van der Waals surface area contributed by atoms with Gasteiger partial charge in [0.05, 0.1) is 0 Å². The van der Waals surface area contributed by atoms with Crippen molar-refractivity contribution in [2.24, 2.45) is 12.8 Å². The molecule has 2 N–H and O–H groups in total. The second-order valence-electron chi connectivity index (χ2n) is 4.90. The Balaban J connectivity index is 1.86. The summed E-state index contributed by atoms with van der Waals surface area (Å²) in [5.41, 5.74) is 7.05. The Morgan fingerprint density at radius 3 is 2.63 bits per heavy atom. The molecule has 0 saturated heterocycles. The van der Waals surface area contributed by atoms with Crippen LogP contribution in [0.1, 0.15) is 24.7 Å². The molecule has 0 amide bonds. The first-order valence-corrected chi connectivity index (χ1v) is 6.58. The van der Waals surface area contributed by atoms with Crippen molar-refractivity contribution < 1.29 is 4.74 Å². The van der Waals surface area contributed by atoms with E-state index in [1.54, 1.807) is 6.20 Å². The van der Waals surface area contributed by atoms with Gasteiger partial charge < -0.3 is 15.0 Å². The molecule has 102 valence electrons. The molecule has 0 spiro atoms. The maximum absolute atomic E-state index is 5.75. The van der Waals surface area contributed by atoms with E-state index >= 15 is 0 Å². The lowest BCUT2D eigenvalue weighted by molar-refractivity contribution is 0.291. The van der Waals surface area contributed by atoms with E-state index in [1.807, 2.05) is 36.9 Å². The van der Waals surface area contributed by atoms with Crippen molar-refractivity contribution in [1.29, 1.82) is 0 Å². The highest BCUT2D eigenvalue weighted by Crippen LogP contribution is 2.15. The Bertz CT molecular complexity index is 502. The van der Waals surface area contributed by atoms with E-state index in [0.717, 1.165) is 24.4 Å². The number of aromatic nitrogens is 2. The summed E-state index contributed by atoms with van der Waals surface area (Å²) < 4.78 is 7.66. The summed E-state index contributed by atoms with van der Waals surface area (Å²) >= 11 is 0. The van der Waals surface area contributed by atoms with Crippen LogP contribution in [0, 0.1) is 0 Å². The Morgan fingerprint density at radius 1 is 1.32 bits per heavy atom. The molecule has 2 rings (SSSR count). The standard InChI is InChI=1S/C15H21N3O/c1-12(16)3-4-13-5-7-14(8-6-13)19-11-15-17-9-10-18(15)2/h5-10,12H,3-4,11,16H2,1-2H3. The maximum atomic E-state index is 5.75. The van der Waals surface area contributed by atoms with Crippen molar-refractivity contribution in [3.05, 3.63) is 48.0 Å². The Hall–Kier alpha value is -1.81. The summed E-state index contributed by atoms with van der Waals surface area (Å²) in [6.07, 6.45) is 5.70. The van der Waals surface area contributed by atoms with Crippen LogP contribution < -0.4 is 10.5 Å². The average molecular weight is 259 g/mol. The number of hydrogen-bond acceptors (Lipinski definition) is 3. The molecule has 4 heteroatoms. The minimum atomic E-state index is 0.249. The molecule has 1 unspecified atom stereocenters. The normalized spacial score (nSPS) is 12.4. The Labute approximate surface area is 114 Å². The van der Waals surface area contributed by atoms with E-state index in [2.05, 4.69) is 17.1 Å². The van der Waals surface area contributed by atoms with Crippen LogP contribution in [0.25, 0.3) is 0 Å². The van der Waals surface area contributed by atoms with Gasteiger partial charge in [-0.1, -0.05) is 12.1 Å². The Morgan fingerprint density at radius 2 is 2.05 bits per heavy atom. The third-order valence-electron chi connectivity index (χ3n) is 3.10. The van der Waals surface area contributed by atoms with E-state index in [1.165, 1.54) is 5.56 Å². The first-order valence-electron chi connectivity index (χ1n) is 6.58. The van der Waals surface area contributed by atoms with Gasteiger partial charge >= 0.3 is 0 Å². The van der Waals surface area contributed by atoms with Gasteiger partial charge in [0.1, 0.15) is 18.2 Å². The van der Waals surface area contributed by atoms with Crippen molar-refractivity contribution in [2.45, 2.75) is 32.4 Å². The van der Waals surface area contributed by atoms with E-state index in [4.69, 9.17) is 10.5 Å². The SMILES string of the molecule is CC(N)CCc1ccc(OCc2nccn2C)cc1. The van der Waals surface area contributed by atoms with Crippen LogP contribution >= 0.6 is 0 Å². The number of hydrogen-bond donors (Lipinski definition) is 1. The quantitative estimate of drug-likeness (QED) is 0.866. The van der Waals surface area contributed by atoms with Crippen LogP contribution in [-0.2, 0) is 20.1 Å². The van der Waals surface area contributed by atoms with Gasteiger partial charge in [0.25, 0.3) is 0 Å². The Kier molecular flexibility index (Phi) is 4.58. The molecule has 2 aromatic rings. The van der Waals surface area contributed by atoms with Gasteiger partial charge in [-0.05, 0) is 37.5 Å². The molecular formula is C15H21N3O. The van der Waals surface area contributed by atoms with Gasteiger partial charge in [-0.15, -0.1) is 0 Å². The van der Waals surface area contributed by atoms with Gasteiger partial charge in [-0.2, -0.15) is 0 Å². The molecule has 1 aromatic heterocycles. The molecule has 0 fully saturated rings. The van der Waals surface area contributed by atoms with Crippen molar-refractivity contribution in [1.82, 2.24) is 9.55 Å². The predicted octanol–water partition coefficient (Wildman–Crippen LogP) is 2.28. The van der Waals surface area contributed by atoms with Gasteiger partial charge in [-0.3, -0.25) is 0 Å². The fraction of sp³-hybridized carbons (Fsp3) is 0.400. The maximum Gasteiger partial charge on any atom is 0.146 e. The number of ether oxygens (including phenoxy) is 1. The van der Waals surface area contributed by atoms with Crippen molar-refractivity contribution in [3.8, 4) is 5.75 Å². The first kappa shape index (κ1) is 13.6. The molecule has 1 atom stereocenters. The number of nitrogens with zero attached hydrogens (tertiary/aromatic N) is 2. The van der Waals surface area contributed by atoms with Gasteiger partial charge in [0.15, 0.2) is 0 Å². The number of imidazole rings is 1. The topological polar surface area (TPSA) is 53.1 Å². The molecular weight excluding hydrogens is 238 g/mol. The molecule has 0 aliphatic rings. The molecule has 0 bridgehead atoms. The zero-order valence-electron chi connectivity index (χ0n) is 11.5. The largest absolute Gasteiger partial charge is 0.486 e. The third-order valence-corrected chi connectivity index (χ3v) is 3.10. The van der Waals surface area contributed by atoms with Crippen molar-refractivity contribution in [2.75, 3.05) is 0 Å². The number of rotatable bonds is 6. The minimum Gasteiger partial charge on any atom is -0.486 e. The highest BCUT2D eigenvalue weighted by Gasteiger charge is 2.01. The lowest BCUT2D eigenvalue weighted by Crippen LogP contribution is -2.15. The van der Waals surface area contributed by atoms with Gasteiger partial charge in [-0.25, -0.2) is 4.98 Å². The van der Waals surface area contributed by atoms with Crippen molar-refractivity contribution in [3.63, 3.8) is 0 Å². The molecule has 4 nitrogen and oxygen atoms in total. The third kappa shape index (κ3) is 4.10. The van der Waals surface area contributed by atoms with Crippen LogP contribution in [-0.4, -0.2) is 15.6 Å². The van der Waals surface area contributed by atoms with E-state index in [0.29, 0.717) is 6.61 Å². The highest BCUT2D eigenvalue weighted by atomic mass is 16.5. The summed E-state index contributed by atoms with van der Waals surface area (Å²) in [5, 5.41) is 0. The lowest BCUT2D eigenvalue weighted by atomic mass is 10.1. The molecule has 0 saturated carbocycles. The molecule has 0 aliphatic heterocycles. The summed E-state index contributed by atoms with van der Waals surface area (Å²) in [6.45, 7) is 2.52. The van der Waals surface area contributed by atoms with E-state index < -0.39 is 0 Å². The smallest absolute Gasteiger partial charge is 0.146 e. The second-order valence-corrected chi connectivity index (χ2v) is 4.90. The highest BCUT2D eigenvalue weighted by molar-refractivity contribution is 5.27. The van der Waals surface area contributed by atoms with E-state index in [9.17, 15) is 0 Å². The molecule has 0 radical (unpaired) electrons. The number of benzene rings is 1. The van der Waals surface area contributed by atoms with Gasteiger partial charge in [0.2, 0.25) is 0 Å². The minimum absolute atomic E-state index is 0.249. The fourth-order valence-electron chi connectivity index (χ4n) is 1.83. The van der Waals surface area contributed by atoms with Crippen LogP contribution in [0.2, 0.25) is 0 Å². The number of nitrogens with two attached hydrogens (primary N) is 1. The summed E-state index contributed by atoms with van der Waals surface area (Å²) in [5.74, 6) is 1.79. The van der Waals surface area contributed by atoms with Crippen molar-refractivity contribution >= 4 is 0 Å². The second kappa shape index (κ2) is 6.38. The van der Waals surface area contributed by atoms with Crippen LogP contribution in [0.4, 0.5) is 0 Å². The zero-order chi connectivity index (χ0) is 13.7. The molecule has 19 heavy (non-hydrogen) atoms. The number of aryl methyl sites for hydroxylation is 2. The fourth-order valence-corrected chi connectivity index (χ4v) is 1.83. The predicted molar refractivity (Wildman–Crippen MR) is 76.0 cm³/mol. The summed E-state index contributed by atoms with van der Waals surface area (Å²) in [4.78, 5) is 4.22. The molecule has 1 heterocycles. The van der Waals surface area contributed by atoms with Gasteiger partial charge in [0, 0.05) is 25.5 Å². The summed E-state index contributed by atoms with van der Waals surface area (Å²) in [6, 6.07) is 8.44. The average Bonchev–Trinajstić information content (AvgIpc) is 2.81. The zero-order valence-corrected chi connectivity index (χ0v) is 11.5. The van der Waals surface area contributed by atoms with Crippen LogP contribution in [0.5, 0.6) is 5.75 Å². The molecule has 1 aromatic carbocycles. The first-order chi connectivity index (χ1) is 9.15. The van der Waals surface area contributed by atoms with E-state index in [-0.39, 0.29) is 6.04 Å². The van der Waals surface area contributed by atoms with Crippen LogP contribution in [0.3, 0.4) is 0 Å². The monoisotopic (exact) mass is 259 g/mol. The lowest BCUT2D eigenvalue weighted by Gasteiger charge is -2.08. The summed E-state index contributed by atoms with van der Waals surface area (Å²) in [7, 11) is 1.96.